The largest absolute Gasteiger partial charge is 0.339 e. The molecule has 198 valence electrons. The van der Waals surface area contributed by atoms with Crippen molar-refractivity contribution in [3.8, 4) is 0 Å². The molecule has 0 radical (unpaired) electrons. The molecule has 36 heavy (non-hydrogen) atoms. The van der Waals surface area contributed by atoms with Crippen LogP contribution in [0.15, 0.2) is 54.9 Å². The van der Waals surface area contributed by atoms with Gasteiger partial charge in [-0.25, -0.2) is 0 Å². The van der Waals surface area contributed by atoms with Crippen molar-refractivity contribution in [2.24, 2.45) is 0 Å². The zero-order chi connectivity index (χ0) is 23.2. The second kappa shape index (κ2) is 13.6. The van der Waals surface area contributed by atoms with E-state index >= 15 is 0 Å². The normalized spacial score (nSPS) is 21.6. The third-order valence-electron chi connectivity index (χ3n) is 8.39. The van der Waals surface area contributed by atoms with Gasteiger partial charge in [0.05, 0.1) is 6.67 Å². The van der Waals surface area contributed by atoms with Crippen LogP contribution >= 0.6 is 24.8 Å². The molecule has 5 nitrogen and oxygen atoms in total. The van der Waals surface area contributed by atoms with E-state index in [0.29, 0.717) is 25.2 Å². The molecule has 1 aromatic heterocycles. The lowest BCUT2D eigenvalue weighted by molar-refractivity contribution is -0.134. The van der Waals surface area contributed by atoms with Crippen molar-refractivity contribution in [2.45, 2.75) is 88.8 Å². The van der Waals surface area contributed by atoms with Crippen molar-refractivity contribution in [2.75, 3.05) is 24.7 Å². The fraction of sp³-hybridized carbons (Fsp3) is 0.586. The van der Waals surface area contributed by atoms with E-state index in [-0.39, 0.29) is 24.8 Å². The summed E-state index contributed by atoms with van der Waals surface area (Å²) in [6, 6.07) is 15.3. The highest BCUT2D eigenvalue weighted by Crippen LogP contribution is 2.41. The maximum atomic E-state index is 14.0. The molecular formula is C29H42Cl2N4O. The number of carbonyl (C=O) groups is 1. The molecule has 2 aromatic rings. The van der Waals surface area contributed by atoms with Crippen molar-refractivity contribution >= 4 is 36.4 Å². The van der Waals surface area contributed by atoms with E-state index < -0.39 is 5.54 Å². The number of nitrogens with zero attached hydrogens (tertiary/aromatic N) is 4. The van der Waals surface area contributed by atoms with Crippen LogP contribution < -0.4 is 4.90 Å². The third-order valence-corrected chi connectivity index (χ3v) is 8.39. The minimum absolute atomic E-state index is 0. The number of hydrogen-bond donors (Lipinski definition) is 0. The van der Waals surface area contributed by atoms with Crippen LogP contribution in [0.1, 0.15) is 76.2 Å². The maximum absolute atomic E-state index is 14.0. The Bertz CT molecular complexity index is 911. The van der Waals surface area contributed by atoms with Crippen LogP contribution in [0, 0.1) is 0 Å². The van der Waals surface area contributed by atoms with Gasteiger partial charge in [0.2, 0.25) is 5.91 Å². The Morgan fingerprint density at radius 2 is 1.47 bits per heavy atom. The number of amides is 1. The van der Waals surface area contributed by atoms with E-state index in [1.54, 1.807) is 6.20 Å². The van der Waals surface area contributed by atoms with Crippen LogP contribution in [0.5, 0.6) is 0 Å². The van der Waals surface area contributed by atoms with Crippen LogP contribution in [0.4, 0.5) is 5.69 Å². The van der Waals surface area contributed by atoms with E-state index in [4.69, 9.17) is 0 Å². The molecule has 0 N–H and O–H groups in total. The van der Waals surface area contributed by atoms with Gasteiger partial charge >= 0.3 is 0 Å². The molecule has 3 aliphatic rings. The summed E-state index contributed by atoms with van der Waals surface area (Å²) in [5.41, 5.74) is 1.84. The number of likely N-dealkylation sites (tertiary alicyclic amines) is 1. The molecule has 3 heterocycles. The molecule has 0 bridgehead atoms. The predicted octanol–water partition coefficient (Wildman–Crippen LogP) is 6.46. The highest BCUT2D eigenvalue weighted by Gasteiger charge is 2.54. The monoisotopic (exact) mass is 532 g/mol. The van der Waals surface area contributed by atoms with Crippen LogP contribution in [0.3, 0.4) is 0 Å². The number of aromatic nitrogens is 1. The summed E-state index contributed by atoms with van der Waals surface area (Å²) in [4.78, 5) is 25.4. The first-order valence-corrected chi connectivity index (χ1v) is 13.5. The molecule has 0 atom stereocenters. The number of rotatable bonds is 4. The average molecular weight is 534 g/mol. The standard InChI is InChI=1S/C29H40N4O.2ClH/c34-28-29(17-20-31(21-18-29)26-13-7-4-2-1-3-5-8-14-26)33(27-15-9-6-10-16-27)24-32(28)23-25-12-11-19-30-22-25;;/h6,9-12,15-16,19,22,26H,1-5,7-8,13-14,17-18,20-21,23-24H2;2*1H. The van der Waals surface area contributed by atoms with E-state index in [9.17, 15) is 4.79 Å². The zero-order valence-corrected chi connectivity index (χ0v) is 23.0. The first kappa shape index (κ1) is 28.7. The number of piperidine rings is 1. The fourth-order valence-electron chi connectivity index (χ4n) is 6.45. The molecule has 5 rings (SSSR count). The predicted molar refractivity (Wildman–Crippen MR) is 152 cm³/mol. The van der Waals surface area contributed by atoms with Gasteiger partial charge in [-0.05, 0) is 49.4 Å². The second-order valence-corrected chi connectivity index (χ2v) is 10.5. The number of halogens is 2. The van der Waals surface area contributed by atoms with E-state index in [0.717, 1.165) is 37.2 Å². The number of hydrogen-bond acceptors (Lipinski definition) is 4. The van der Waals surface area contributed by atoms with Crippen LogP contribution in [-0.4, -0.2) is 52.0 Å². The van der Waals surface area contributed by atoms with Crippen molar-refractivity contribution in [1.29, 1.82) is 0 Å². The van der Waals surface area contributed by atoms with Gasteiger partial charge in [-0.3, -0.25) is 9.78 Å². The van der Waals surface area contributed by atoms with Gasteiger partial charge in [0.15, 0.2) is 0 Å². The van der Waals surface area contributed by atoms with Crippen molar-refractivity contribution in [3.05, 3.63) is 60.4 Å². The summed E-state index contributed by atoms with van der Waals surface area (Å²) in [5, 5.41) is 0. The summed E-state index contributed by atoms with van der Waals surface area (Å²) in [7, 11) is 0. The molecule has 1 amide bonds. The minimum Gasteiger partial charge on any atom is -0.339 e. The molecule has 3 fully saturated rings. The Morgan fingerprint density at radius 3 is 2.08 bits per heavy atom. The quantitative estimate of drug-likeness (QED) is 0.452. The van der Waals surface area contributed by atoms with Crippen LogP contribution in [-0.2, 0) is 11.3 Å². The van der Waals surface area contributed by atoms with E-state index in [2.05, 4.69) is 51.2 Å². The first-order chi connectivity index (χ1) is 16.8. The van der Waals surface area contributed by atoms with Crippen molar-refractivity contribution in [1.82, 2.24) is 14.8 Å². The number of benzene rings is 1. The van der Waals surface area contributed by atoms with Gasteiger partial charge in [0.25, 0.3) is 0 Å². The Labute approximate surface area is 229 Å². The third kappa shape index (κ3) is 6.35. The van der Waals surface area contributed by atoms with Crippen molar-refractivity contribution in [3.63, 3.8) is 0 Å². The molecule has 2 saturated heterocycles. The lowest BCUT2D eigenvalue weighted by Crippen LogP contribution is -2.58. The Balaban J connectivity index is 0.00000180. The topological polar surface area (TPSA) is 39.7 Å². The summed E-state index contributed by atoms with van der Waals surface area (Å²) in [6.45, 7) is 3.34. The van der Waals surface area contributed by atoms with Crippen LogP contribution in [0.25, 0.3) is 0 Å². The molecule has 2 aliphatic heterocycles. The molecule has 1 aromatic carbocycles. The zero-order valence-electron chi connectivity index (χ0n) is 21.4. The Hall–Kier alpha value is -1.82. The summed E-state index contributed by atoms with van der Waals surface area (Å²) in [5.74, 6) is 0.297. The van der Waals surface area contributed by atoms with Gasteiger partial charge in [-0.15, -0.1) is 24.8 Å². The lowest BCUT2D eigenvalue weighted by Gasteiger charge is -2.45. The molecule has 7 heteroatoms. The number of anilines is 1. The summed E-state index contributed by atoms with van der Waals surface area (Å²) in [6.07, 6.45) is 17.9. The lowest BCUT2D eigenvalue weighted by atomic mass is 9.84. The van der Waals surface area contributed by atoms with E-state index in [1.807, 2.05) is 17.2 Å². The summed E-state index contributed by atoms with van der Waals surface area (Å²) < 4.78 is 0. The molecule has 1 aliphatic carbocycles. The second-order valence-electron chi connectivity index (χ2n) is 10.5. The number of pyridine rings is 1. The average Bonchev–Trinajstić information content (AvgIpc) is 3.15. The van der Waals surface area contributed by atoms with E-state index in [1.165, 1.54) is 57.8 Å². The van der Waals surface area contributed by atoms with Gasteiger partial charge in [-0.1, -0.05) is 69.2 Å². The highest BCUT2D eigenvalue weighted by molar-refractivity contribution is 5.93. The Kier molecular flexibility index (Phi) is 10.9. The number of para-hydroxylation sites is 1. The maximum Gasteiger partial charge on any atom is 0.250 e. The minimum atomic E-state index is -0.421. The fourth-order valence-corrected chi connectivity index (χ4v) is 6.45. The van der Waals surface area contributed by atoms with Gasteiger partial charge < -0.3 is 14.7 Å². The molecule has 1 saturated carbocycles. The summed E-state index contributed by atoms with van der Waals surface area (Å²) >= 11 is 0. The molecule has 1 spiro atoms. The van der Waals surface area contributed by atoms with Crippen LogP contribution in [0.2, 0.25) is 0 Å². The smallest absolute Gasteiger partial charge is 0.250 e. The van der Waals surface area contributed by atoms with Gasteiger partial charge in [0.1, 0.15) is 5.54 Å². The highest BCUT2D eigenvalue weighted by atomic mass is 35.5. The Morgan fingerprint density at radius 1 is 0.833 bits per heavy atom. The molecular weight excluding hydrogens is 491 g/mol. The number of carbonyl (C=O) groups excluding carboxylic acids is 1. The van der Waals surface area contributed by atoms with Gasteiger partial charge in [0, 0.05) is 43.8 Å². The van der Waals surface area contributed by atoms with Gasteiger partial charge in [-0.2, -0.15) is 0 Å². The SMILES string of the molecule is Cl.Cl.O=C1N(Cc2cccnc2)CN(c2ccccc2)C12CCN(C1CCCCCCCCC1)CC2. The first-order valence-electron chi connectivity index (χ1n) is 13.5. The molecule has 0 unspecified atom stereocenters. The van der Waals surface area contributed by atoms with Crippen molar-refractivity contribution < 1.29 is 4.79 Å².